The summed E-state index contributed by atoms with van der Waals surface area (Å²) >= 11 is 0. The molecule has 118 valence electrons. The number of rotatable bonds is 7. The number of aromatic nitrogens is 1. The summed E-state index contributed by atoms with van der Waals surface area (Å²) in [6.45, 7) is 0.560. The van der Waals surface area contributed by atoms with Gasteiger partial charge in [0.1, 0.15) is 6.61 Å². The lowest BCUT2D eigenvalue weighted by Crippen LogP contribution is -2.15. The van der Waals surface area contributed by atoms with Crippen LogP contribution in [0.1, 0.15) is 18.4 Å². The highest BCUT2D eigenvalue weighted by molar-refractivity contribution is 5.85. The van der Waals surface area contributed by atoms with Gasteiger partial charge in [-0.05, 0) is 24.1 Å². The van der Waals surface area contributed by atoms with Gasteiger partial charge in [0.15, 0.2) is 11.6 Å². The Morgan fingerprint density at radius 1 is 1.22 bits per heavy atom. The number of nitriles is 1. The maximum atomic E-state index is 11.8. The van der Waals surface area contributed by atoms with Crippen LogP contribution in [0.2, 0.25) is 0 Å². The molecule has 0 aliphatic rings. The minimum Gasteiger partial charge on any atom is -0.490 e. The summed E-state index contributed by atoms with van der Waals surface area (Å²) in [6.07, 6.45) is 1.98. The van der Waals surface area contributed by atoms with Crippen molar-refractivity contribution in [2.24, 2.45) is 0 Å². The van der Waals surface area contributed by atoms with Crippen molar-refractivity contribution in [3.05, 3.63) is 54.2 Å². The van der Waals surface area contributed by atoms with Crippen LogP contribution in [0.4, 0.5) is 10.6 Å². The van der Waals surface area contributed by atoms with E-state index < -0.39 is 6.09 Å². The van der Waals surface area contributed by atoms with Gasteiger partial charge in [-0.25, -0.2) is 9.78 Å². The number of amides is 1. The average Bonchev–Trinajstić information content (AvgIpc) is 2.59. The predicted octanol–water partition coefficient (Wildman–Crippen LogP) is 3.51. The van der Waals surface area contributed by atoms with Gasteiger partial charge in [-0.15, -0.1) is 0 Å². The highest BCUT2D eigenvalue weighted by Gasteiger charge is 2.10. The van der Waals surface area contributed by atoms with Crippen LogP contribution in [0.25, 0.3) is 0 Å². The molecule has 6 nitrogen and oxygen atoms in total. The smallest absolute Gasteiger partial charge is 0.413 e. The molecule has 23 heavy (non-hydrogen) atoms. The lowest BCUT2D eigenvalue weighted by molar-refractivity contribution is 0.155. The molecular weight excluding hydrogens is 294 g/mol. The monoisotopic (exact) mass is 311 g/mol. The van der Waals surface area contributed by atoms with Crippen molar-refractivity contribution < 1.29 is 14.3 Å². The number of hydrogen-bond donors (Lipinski definition) is 1. The molecule has 0 aliphatic heterocycles. The molecule has 0 spiro atoms. The van der Waals surface area contributed by atoms with Gasteiger partial charge in [0.2, 0.25) is 0 Å². The number of carbonyl (C=O) groups excluding carboxylic acids is 1. The Kier molecular flexibility index (Phi) is 6.42. The summed E-state index contributed by atoms with van der Waals surface area (Å²) in [7, 11) is 0. The highest BCUT2D eigenvalue weighted by Crippen LogP contribution is 2.21. The number of nitrogens with one attached hydrogen (secondary N) is 1. The minimum atomic E-state index is -0.602. The number of unbranched alkanes of at least 4 members (excludes halogenated alkanes) is 1. The van der Waals surface area contributed by atoms with E-state index in [2.05, 4.69) is 10.3 Å². The molecule has 1 amide bonds. The first kappa shape index (κ1) is 16.3. The first-order valence-electron chi connectivity index (χ1n) is 7.22. The van der Waals surface area contributed by atoms with E-state index >= 15 is 0 Å². The summed E-state index contributed by atoms with van der Waals surface area (Å²) in [5, 5.41) is 11.1. The largest absolute Gasteiger partial charge is 0.490 e. The normalized spacial score (nSPS) is 9.70. The van der Waals surface area contributed by atoms with Crippen molar-refractivity contribution in [3.63, 3.8) is 0 Å². The van der Waals surface area contributed by atoms with Crippen LogP contribution in [0.3, 0.4) is 0 Å². The van der Waals surface area contributed by atoms with Crippen molar-refractivity contribution >= 4 is 11.9 Å². The number of pyridine rings is 1. The SMILES string of the molecule is N#CCCCOc1cccnc1NC(=O)OCc1ccccc1. The zero-order valence-corrected chi connectivity index (χ0v) is 12.6. The summed E-state index contributed by atoms with van der Waals surface area (Å²) < 4.78 is 10.7. The van der Waals surface area contributed by atoms with Crippen molar-refractivity contribution in [1.29, 1.82) is 5.26 Å². The maximum absolute atomic E-state index is 11.8. The number of benzene rings is 1. The van der Waals surface area contributed by atoms with Crippen LogP contribution in [0, 0.1) is 11.3 Å². The molecule has 0 aliphatic carbocycles. The fraction of sp³-hybridized carbons (Fsp3) is 0.235. The molecule has 2 rings (SSSR count). The van der Waals surface area contributed by atoms with Crippen LogP contribution >= 0.6 is 0 Å². The van der Waals surface area contributed by atoms with Gasteiger partial charge in [-0.3, -0.25) is 5.32 Å². The molecule has 6 heteroatoms. The van der Waals surface area contributed by atoms with Gasteiger partial charge in [0, 0.05) is 12.6 Å². The van der Waals surface area contributed by atoms with Crippen molar-refractivity contribution in [3.8, 4) is 11.8 Å². The molecule has 2 aromatic rings. The van der Waals surface area contributed by atoms with Crippen LogP contribution in [0.5, 0.6) is 5.75 Å². The topological polar surface area (TPSA) is 84.2 Å². The maximum Gasteiger partial charge on any atom is 0.413 e. The lowest BCUT2D eigenvalue weighted by Gasteiger charge is -2.11. The Morgan fingerprint density at radius 2 is 2.04 bits per heavy atom. The lowest BCUT2D eigenvalue weighted by atomic mass is 10.2. The van der Waals surface area contributed by atoms with E-state index in [0.29, 0.717) is 31.0 Å². The average molecular weight is 311 g/mol. The summed E-state index contributed by atoms with van der Waals surface area (Å²) in [4.78, 5) is 15.9. The molecule has 1 aromatic heterocycles. The third-order valence-electron chi connectivity index (χ3n) is 2.89. The Labute approximate surface area is 134 Å². The number of nitrogens with zero attached hydrogens (tertiary/aromatic N) is 2. The van der Waals surface area contributed by atoms with Gasteiger partial charge in [0.25, 0.3) is 0 Å². The predicted molar refractivity (Wildman–Crippen MR) is 84.8 cm³/mol. The molecule has 0 atom stereocenters. The molecule has 0 unspecified atom stereocenters. The summed E-state index contributed by atoms with van der Waals surface area (Å²) in [6, 6.07) is 14.9. The molecule has 1 aromatic carbocycles. The zero-order valence-electron chi connectivity index (χ0n) is 12.6. The van der Waals surface area contributed by atoms with E-state index in [0.717, 1.165) is 5.56 Å². The Bertz CT molecular complexity index is 668. The van der Waals surface area contributed by atoms with Gasteiger partial charge in [0.05, 0.1) is 12.7 Å². The number of anilines is 1. The minimum absolute atomic E-state index is 0.178. The van der Waals surface area contributed by atoms with Crippen molar-refractivity contribution in [2.45, 2.75) is 19.4 Å². The molecular formula is C17H17N3O3. The molecule has 0 saturated heterocycles. The first-order valence-corrected chi connectivity index (χ1v) is 7.22. The number of ether oxygens (including phenoxy) is 2. The number of carbonyl (C=O) groups is 1. The molecule has 0 fully saturated rings. The molecule has 1 heterocycles. The second kappa shape index (κ2) is 9.05. The Hall–Kier alpha value is -3.07. The van der Waals surface area contributed by atoms with E-state index in [4.69, 9.17) is 14.7 Å². The number of hydrogen-bond acceptors (Lipinski definition) is 5. The third-order valence-corrected chi connectivity index (χ3v) is 2.89. The molecule has 1 N–H and O–H groups in total. The molecule has 0 radical (unpaired) electrons. The summed E-state index contributed by atoms with van der Waals surface area (Å²) in [5.41, 5.74) is 0.900. The van der Waals surface area contributed by atoms with E-state index in [9.17, 15) is 4.79 Å². The van der Waals surface area contributed by atoms with Gasteiger partial charge in [-0.2, -0.15) is 5.26 Å². The third kappa shape index (κ3) is 5.67. The van der Waals surface area contributed by atoms with Gasteiger partial charge < -0.3 is 9.47 Å². The van der Waals surface area contributed by atoms with Gasteiger partial charge in [-0.1, -0.05) is 30.3 Å². The second-order valence-corrected chi connectivity index (χ2v) is 4.65. The zero-order chi connectivity index (χ0) is 16.3. The van der Waals surface area contributed by atoms with E-state index in [-0.39, 0.29) is 6.61 Å². The summed E-state index contributed by atoms with van der Waals surface area (Å²) in [5.74, 6) is 0.740. The fourth-order valence-corrected chi connectivity index (χ4v) is 1.79. The highest BCUT2D eigenvalue weighted by atomic mass is 16.5. The van der Waals surface area contributed by atoms with Crippen LogP contribution in [0.15, 0.2) is 48.7 Å². The van der Waals surface area contributed by atoms with Crippen molar-refractivity contribution in [1.82, 2.24) is 4.98 Å². The van der Waals surface area contributed by atoms with Crippen LogP contribution < -0.4 is 10.1 Å². The van der Waals surface area contributed by atoms with Crippen molar-refractivity contribution in [2.75, 3.05) is 11.9 Å². The second-order valence-electron chi connectivity index (χ2n) is 4.65. The Balaban J connectivity index is 1.86. The first-order chi connectivity index (χ1) is 11.3. The van der Waals surface area contributed by atoms with Crippen LogP contribution in [-0.2, 0) is 11.3 Å². The van der Waals surface area contributed by atoms with E-state index in [1.807, 2.05) is 36.4 Å². The molecule has 0 saturated carbocycles. The quantitative estimate of drug-likeness (QED) is 0.791. The fourth-order valence-electron chi connectivity index (χ4n) is 1.79. The van der Waals surface area contributed by atoms with E-state index in [1.54, 1.807) is 18.3 Å². The van der Waals surface area contributed by atoms with E-state index in [1.165, 1.54) is 0 Å². The van der Waals surface area contributed by atoms with Gasteiger partial charge >= 0.3 is 6.09 Å². The Morgan fingerprint density at radius 3 is 2.83 bits per heavy atom. The molecule has 0 bridgehead atoms. The standard InChI is InChI=1S/C17H17N3O3/c18-10-4-5-12-22-15-9-6-11-19-16(15)20-17(21)23-13-14-7-2-1-3-8-14/h1-3,6-9,11H,4-5,12-13H2,(H,19,20,21). The van der Waals surface area contributed by atoms with Crippen LogP contribution in [-0.4, -0.2) is 17.7 Å².